The van der Waals surface area contributed by atoms with Gasteiger partial charge in [0.05, 0.1) is 12.0 Å². The second-order valence-corrected chi connectivity index (χ2v) is 5.46. The van der Waals surface area contributed by atoms with Crippen molar-refractivity contribution >= 4 is 11.6 Å². The Labute approximate surface area is 124 Å². The maximum absolute atomic E-state index is 12.4. The molecule has 108 valence electrons. The molecule has 2 N–H and O–H groups in total. The summed E-state index contributed by atoms with van der Waals surface area (Å²) in [4.78, 5) is 16.5. The molecule has 0 fully saturated rings. The van der Waals surface area contributed by atoms with E-state index in [2.05, 4.69) is 27.8 Å². The standard InChI is InChI=1S/C17H19N3O/c1-12(14-6-4-8-18-10-14)20-17(21)15-9-13-5-2-3-7-16(13)19-11-15/h2-8,10,12,15,19H,9,11H2,1H3,(H,20,21)/t12-,15?/m0/s1. The SMILES string of the molecule is C[C@H](NC(=O)C1CNc2ccccc2C1)c1cccnc1. The number of fused-ring (bicyclic) bond motifs is 1. The molecular formula is C17H19N3O. The molecule has 1 aromatic carbocycles. The third-order valence-electron chi connectivity index (χ3n) is 3.94. The molecule has 1 unspecified atom stereocenters. The Balaban J connectivity index is 1.65. The number of anilines is 1. The second kappa shape index (κ2) is 5.95. The Morgan fingerprint density at radius 1 is 1.33 bits per heavy atom. The summed E-state index contributed by atoms with van der Waals surface area (Å²) >= 11 is 0. The van der Waals surface area contributed by atoms with E-state index in [1.165, 1.54) is 5.56 Å². The third-order valence-corrected chi connectivity index (χ3v) is 3.94. The van der Waals surface area contributed by atoms with Gasteiger partial charge in [-0.15, -0.1) is 0 Å². The van der Waals surface area contributed by atoms with Crippen LogP contribution in [-0.4, -0.2) is 17.4 Å². The largest absolute Gasteiger partial charge is 0.384 e. The van der Waals surface area contributed by atoms with Gasteiger partial charge in [-0.05, 0) is 36.6 Å². The number of nitrogens with zero attached hydrogens (tertiary/aromatic N) is 1. The molecule has 1 aromatic heterocycles. The Kier molecular flexibility index (Phi) is 3.86. The Hall–Kier alpha value is -2.36. The molecule has 2 atom stereocenters. The van der Waals surface area contributed by atoms with Gasteiger partial charge >= 0.3 is 0 Å². The molecule has 1 aliphatic rings. The van der Waals surface area contributed by atoms with Crippen LogP contribution in [0.25, 0.3) is 0 Å². The molecule has 0 spiro atoms. The van der Waals surface area contributed by atoms with Gasteiger partial charge in [0.25, 0.3) is 0 Å². The first-order valence-electron chi connectivity index (χ1n) is 7.26. The number of carbonyl (C=O) groups excluding carboxylic acids is 1. The van der Waals surface area contributed by atoms with Crippen molar-refractivity contribution in [3.63, 3.8) is 0 Å². The first-order valence-corrected chi connectivity index (χ1v) is 7.26. The molecule has 2 aromatic rings. The van der Waals surface area contributed by atoms with Crippen LogP contribution in [0.4, 0.5) is 5.69 Å². The Morgan fingerprint density at radius 3 is 3.00 bits per heavy atom. The summed E-state index contributed by atoms with van der Waals surface area (Å²) in [7, 11) is 0. The first kappa shape index (κ1) is 13.6. The molecule has 0 bridgehead atoms. The van der Waals surface area contributed by atoms with Crippen LogP contribution in [-0.2, 0) is 11.2 Å². The van der Waals surface area contributed by atoms with Crippen molar-refractivity contribution in [3.8, 4) is 0 Å². The number of pyridine rings is 1. The molecule has 2 heterocycles. The molecule has 21 heavy (non-hydrogen) atoms. The fourth-order valence-electron chi connectivity index (χ4n) is 2.67. The summed E-state index contributed by atoms with van der Waals surface area (Å²) < 4.78 is 0. The summed E-state index contributed by atoms with van der Waals surface area (Å²) in [5, 5.41) is 6.41. The van der Waals surface area contributed by atoms with Gasteiger partial charge in [-0.1, -0.05) is 24.3 Å². The zero-order valence-corrected chi connectivity index (χ0v) is 12.0. The number of rotatable bonds is 3. The van der Waals surface area contributed by atoms with E-state index in [4.69, 9.17) is 0 Å². The minimum atomic E-state index is -0.0287. The zero-order chi connectivity index (χ0) is 14.7. The highest BCUT2D eigenvalue weighted by Crippen LogP contribution is 2.24. The van der Waals surface area contributed by atoms with Crippen LogP contribution in [0.3, 0.4) is 0 Å². The maximum atomic E-state index is 12.4. The number of nitrogens with one attached hydrogen (secondary N) is 2. The molecule has 1 amide bonds. The topological polar surface area (TPSA) is 54.0 Å². The number of hydrogen-bond donors (Lipinski definition) is 2. The van der Waals surface area contributed by atoms with Crippen LogP contribution in [0.5, 0.6) is 0 Å². The quantitative estimate of drug-likeness (QED) is 0.909. The first-order chi connectivity index (χ1) is 10.2. The van der Waals surface area contributed by atoms with Gasteiger partial charge < -0.3 is 10.6 Å². The van der Waals surface area contributed by atoms with Crippen molar-refractivity contribution in [2.24, 2.45) is 5.92 Å². The number of aromatic nitrogens is 1. The zero-order valence-electron chi connectivity index (χ0n) is 12.0. The van der Waals surface area contributed by atoms with Gasteiger partial charge in [-0.2, -0.15) is 0 Å². The molecule has 4 heteroatoms. The fourth-order valence-corrected chi connectivity index (χ4v) is 2.67. The van der Waals surface area contributed by atoms with E-state index >= 15 is 0 Å². The van der Waals surface area contributed by atoms with Crippen molar-refractivity contribution in [3.05, 3.63) is 59.9 Å². The van der Waals surface area contributed by atoms with E-state index in [9.17, 15) is 4.79 Å². The molecule has 1 aliphatic heterocycles. The Bertz CT molecular complexity index is 627. The lowest BCUT2D eigenvalue weighted by molar-refractivity contribution is -0.125. The molecular weight excluding hydrogens is 262 g/mol. The van der Waals surface area contributed by atoms with Crippen LogP contribution >= 0.6 is 0 Å². The normalized spacial score (nSPS) is 18.2. The average Bonchev–Trinajstić information content (AvgIpc) is 2.55. The minimum Gasteiger partial charge on any atom is -0.384 e. The molecule has 0 radical (unpaired) electrons. The van der Waals surface area contributed by atoms with Crippen LogP contribution in [0.15, 0.2) is 48.8 Å². The van der Waals surface area contributed by atoms with Crippen molar-refractivity contribution in [1.29, 1.82) is 0 Å². The van der Waals surface area contributed by atoms with Gasteiger partial charge in [-0.25, -0.2) is 0 Å². The monoisotopic (exact) mass is 281 g/mol. The lowest BCUT2D eigenvalue weighted by Gasteiger charge is -2.26. The second-order valence-electron chi connectivity index (χ2n) is 5.46. The highest BCUT2D eigenvalue weighted by molar-refractivity contribution is 5.81. The van der Waals surface area contributed by atoms with Crippen LogP contribution < -0.4 is 10.6 Å². The van der Waals surface area contributed by atoms with Crippen molar-refractivity contribution in [2.45, 2.75) is 19.4 Å². The van der Waals surface area contributed by atoms with Gasteiger partial charge in [0.2, 0.25) is 5.91 Å². The average molecular weight is 281 g/mol. The van der Waals surface area contributed by atoms with Crippen LogP contribution in [0.2, 0.25) is 0 Å². The van der Waals surface area contributed by atoms with E-state index in [0.29, 0.717) is 6.54 Å². The van der Waals surface area contributed by atoms with Gasteiger partial charge in [0.15, 0.2) is 0 Å². The van der Waals surface area contributed by atoms with E-state index < -0.39 is 0 Å². The van der Waals surface area contributed by atoms with E-state index in [1.807, 2.05) is 31.2 Å². The van der Waals surface area contributed by atoms with Gasteiger partial charge in [0, 0.05) is 24.6 Å². The summed E-state index contributed by atoms with van der Waals surface area (Å²) in [6.07, 6.45) is 4.31. The third kappa shape index (κ3) is 3.05. The van der Waals surface area contributed by atoms with Gasteiger partial charge in [-0.3, -0.25) is 9.78 Å². The van der Waals surface area contributed by atoms with Crippen LogP contribution in [0.1, 0.15) is 24.1 Å². The molecule has 3 rings (SSSR count). The van der Waals surface area contributed by atoms with E-state index in [-0.39, 0.29) is 17.9 Å². The summed E-state index contributed by atoms with van der Waals surface area (Å²) in [6.45, 7) is 2.67. The Morgan fingerprint density at radius 2 is 2.19 bits per heavy atom. The van der Waals surface area contributed by atoms with E-state index in [1.54, 1.807) is 12.4 Å². The smallest absolute Gasteiger partial charge is 0.225 e. The predicted molar refractivity (Wildman–Crippen MR) is 82.9 cm³/mol. The highest BCUT2D eigenvalue weighted by Gasteiger charge is 2.25. The summed E-state index contributed by atoms with van der Waals surface area (Å²) in [6, 6.07) is 12.0. The maximum Gasteiger partial charge on any atom is 0.225 e. The number of amides is 1. The van der Waals surface area contributed by atoms with Gasteiger partial charge in [0.1, 0.15) is 0 Å². The lowest BCUT2D eigenvalue weighted by atomic mass is 9.93. The van der Waals surface area contributed by atoms with Crippen molar-refractivity contribution in [1.82, 2.24) is 10.3 Å². The number of hydrogen-bond acceptors (Lipinski definition) is 3. The predicted octanol–water partition coefficient (Wildman–Crippen LogP) is 2.54. The number of para-hydroxylation sites is 1. The number of carbonyl (C=O) groups is 1. The van der Waals surface area contributed by atoms with Crippen LogP contribution in [0, 0.1) is 5.92 Å². The van der Waals surface area contributed by atoms with E-state index in [0.717, 1.165) is 17.7 Å². The molecule has 4 nitrogen and oxygen atoms in total. The lowest BCUT2D eigenvalue weighted by Crippen LogP contribution is -2.39. The van der Waals surface area contributed by atoms with Crippen molar-refractivity contribution < 1.29 is 4.79 Å². The minimum absolute atomic E-state index is 0.0247. The van der Waals surface area contributed by atoms with Crippen molar-refractivity contribution in [2.75, 3.05) is 11.9 Å². The molecule has 0 aliphatic carbocycles. The molecule has 0 saturated carbocycles. The summed E-state index contributed by atoms with van der Waals surface area (Å²) in [5.74, 6) is 0.0624. The number of benzene rings is 1. The summed E-state index contributed by atoms with van der Waals surface area (Å²) in [5.41, 5.74) is 3.37. The molecule has 0 saturated heterocycles. The fraction of sp³-hybridized carbons (Fsp3) is 0.294. The highest BCUT2D eigenvalue weighted by atomic mass is 16.2.